The number of aliphatic carboxylic acids is 1. The number of amides is 2. The van der Waals surface area contributed by atoms with Crippen LogP contribution in [0, 0.1) is 5.41 Å². The number of nitrogens with one attached hydrogen (secondary N) is 2. The number of rotatable bonds is 7. The van der Waals surface area contributed by atoms with Crippen molar-refractivity contribution < 1.29 is 24.2 Å². The lowest BCUT2D eigenvalue weighted by Gasteiger charge is -2.52. The number of carbonyl (C=O) groups excluding carboxylic acids is 2. The molecule has 4 aliphatic rings. The van der Waals surface area contributed by atoms with Crippen molar-refractivity contribution in [2.75, 3.05) is 13.2 Å². The molecule has 7 nitrogen and oxygen atoms in total. The first-order valence-electron chi connectivity index (χ1n) is 12.0. The second-order valence-corrected chi connectivity index (χ2v) is 9.91. The maximum atomic E-state index is 12.8. The molecule has 2 bridgehead atoms. The second kappa shape index (κ2) is 8.78. The first-order chi connectivity index (χ1) is 16.4. The summed E-state index contributed by atoms with van der Waals surface area (Å²) in [5.41, 5.74) is 3.99. The van der Waals surface area contributed by atoms with Gasteiger partial charge in [0.25, 0.3) is 0 Å². The number of fused-ring (bicyclic) bond motifs is 6. The van der Waals surface area contributed by atoms with Crippen LogP contribution in [0.2, 0.25) is 0 Å². The standard InChI is InChI=1S/C27H30N2O5/c30-23(31)9-16-28-24(32)26-10-13-27(14-11-26,15-12-26)29-25(33)34-17-22-20-7-3-1-5-18(20)19-6-2-4-8-21(19)22/h1-8,22H,9-17H2,(H,28,32)(H,29,33)(H,30,31). The van der Waals surface area contributed by atoms with Crippen molar-refractivity contribution in [3.05, 3.63) is 59.7 Å². The van der Waals surface area contributed by atoms with Gasteiger partial charge in [0.05, 0.1) is 6.42 Å². The summed E-state index contributed by atoms with van der Waals surface area (Å²) >= 11 is 0. The van der Waals surface area contributed by atoms with E-state index >= 15 is 0 Å². The number of hydrogen-bond donors (Lipinski definition) is 3. The van der Waals surface area contributed by atoms with Crippen molar-refractivity contribution >= 4 is 18.0 Å². The highest BCUT2D eigenvalue weighted by Crippen LogP contribution is 2.52. The van der Waals surface area contributed by atoms with Crippen LogP contribution in [0.25, 0.3) is 11.1 Å². The molecular formula is C27H30N2O5. The van der Waals surface area contributed by atoms with E-state index < -0.39 is 17.5 Å². The highest BCUT2D eigenvalue weighted by Gasteiger charge is 2.53. The number of alkyl carbamates (subject to hydrolysis) is 1. The van der Waals surface area contributed by atoms with E-state index in [1.54, 1.807) is 0 Å². The highest BCUT2D eigenvalue weighted by molar-refractivity contribution is 5.84. The molecule has 0 unspecified atom stereocenters. The lowest BCUT2D eigenvalue weighted by atomic mass is 9.57. The third-order valence-electron chi connectivity index (χ3n) is 8.06. The van der Waals surface area contributed by atoms with Gasteiger partial charge in [-0.05, 0) is 60.8 Å². The predicted molar refractivity (Wildman–Crippen MR) is 126 cm³/mol. The average molecular weight is 463 g/mol. The minimum absolute atomic E-state index is 0.0236. The average Bonchev–Trinajstić information content (AvgIpc) is 3.17. The van der Waals surface area contributed by atoms with E-state index in [9.17, 15) is 14.4 Å². The van der Waals surface area contributed by atoms with E-state index in [2.05, 4.69) is 34.9 Å². The molecule has 3 saturated carbocycles. The van der Waals surface area contributed by atoms with Crippen LogP contribution in [0.15, 0.2) is 48.5 Å². The minimum Gasteiger partial charge on any atom is -0.481 e. The summed E-state index contributed by atoms with van der Waals surface area (Å²) in [5, 5.41) is 14.7. The van der Waals surface area contributed by atoms with Gasteiger partial charge >= 0.3 is 12.1 Å². The van der Waals surface area contributed by atoms with Gasteiger partial charge in [0.15, 0.2) is 0 Å². The molecular weight excluding hydrogens is 432 g/mol. The third kappa shape index (κ3) is 4.04. The van der Waals surface area contributed by atoms with Crippen LogP contribution in [0.1, 0.15) is 62.0 Å². The van der Waals surface area contributed by atoms with Gasteiger partial charge in [0, 0.05) is 23.4 Å². The first-order valence-corrected chi connectivity index (χ1v) is 12.0. The van der Waals surface area contributed by atoms with Crippen LogP contribution < -0.4 is 10.6 Å². The fourth-order valence-corrected chi connectivity index (χ4v) is 6.04. The van der Waals surface area contributed by atoms with Gasteiger partial charge in [-0.2, -0.15) is 0 Å². The number of carboxylic acids is 1. The van der Waals surface area contributed by atoms with Crippen LogP contribution in [-0.4, -0.2) is 41.8 Å². The van der Waals surface area contributed by atoms with Crippen molar-refractivity contribution in [1.82, 2.24) is 10.6 Å². The van der Waals surface area contributed by atoms with Gasteiger partial charge < -0.3 is 20.5 Å². The van der Waals surface area contributed by atoms with Gasteiger partial charge in [-0.3, -0.25) is 9.59 Å². The summed E-state index contributed by atoms with van der Waals surface area (Å²) in [6.45, 7) is 0.435. The van der Waals surface area contributed by atoms with Crippen molar-refractivity contribution in [2.45, 2.75) is 56.4 Å². The van der Waals surface area contributed by atoms with Crippen LogP contribution in [0.3, 0.4) is 0 Å². The molecule has 178 valence electrons. The molecule has 4 aliphatic carbocycles. The Bertz CT molecular complexity index is 1060. The maximum Gasteiger partial charge on any atom is 0.407 e. The number of carboxylic acid groups (broad SMARTS) is 1. The Balaban J connectivity index is 1.17. The Morgan fingerprint density at radius 1 is 0.882 bits per heavy atom. The molecule has 3 fully saturated rings. The van der Waals surface area contributed by atoms with E-state index in [0.717, 1.165) is 19.3 Å². The molecule has 0 saturated heterocycles. The number of benzene rings is 2. The number of carbonyl (C=O) groups is 3. The normalized spacial score (nSPS) is 24.7. The summed E-state index contributed by atoms with van der Waals surface area (Å²) in [4.78, 5) is 36.3. The molecule has 34 heavy (non-hydrogen) atoms. The van der Waals surface area contributed by atoms with Gasteiger partial charge in [-0.15, -0.1) is 0 Å². The Labute approximate surface area is 198 Å². The molecule has 0 aliphatic heterocycles. The van der Waals surface area contributed by atoms with E-state index in [4.69, 9.17) is 9.84 Å². The predicted octanol–water partition coefficient (Wildman–Crippen LogP) is 4.21. The zero-order valence-corrected chi connectivity index (χ0v) is 19.1. The van der Waals surface area contributed by atoms with Crippen LogP contribution in [0.5, 0.6) is 0 Å². The minimum atomic E-state index is -0.920. The smallest absolute Gasteiger partial charge is 0.407 e. The lowest BCUT2D eigenvalue weighted by Crippen LogP contribution is -2.59. The largest absolute Gasteiger partial charge is 0.481 e. The van der Waals surface area contributed by atoms with E-state index in [1.807, 2.05) is 24.3 Å². The van der Waals surface area contributed by atoms with Crippen LogP contribution >= 0.6 is 0 Å². The summed E-state index contributed by atoms with van der Waals surface area (Å²) in [7, 11) is 0. The van der Waals surface area contributed by atoms with Gasteiger partial charge in [-0.25, -0.2) is 4.79 Å². The molecule has 3 N–H and O–H groups in total. The van der Waals surface area contributed by atoms with Crippen molar-refractivity contribution in [3.8, 4) is 11.1 Å². The maximum absolute atomic E-state index is 12.8. The third-order valence-corrected chi connectivity index (χ3v) is 8.06. The Morgan fingerprint density at radius 2 is 1.44 bits per heavy atom. The second-order valence-electron chi connectivity index (χ2n) is 9.91. The molecule has 0 spiro atoms. The molecule has 2 amide bonds. The van der Waals surface area contributed by atoms with E-state index in [0.29, 0.717) is 19.3 Å². The topological polar surface area (TPSA) is 105 Å². The van der Waals surface area contributed by atoms with Crippen molar-refractivity contribution in [3.63, 3.8) is 0 Å². The van der Waals surface area contributed by atoms with Crippen molar-refractivity contribution in [1.29, 1.82) is 0 Å². The van der Waals surface area contributed by atoms with Gasteiger partial charge in [-0.1, -0.05) is 48.5 Å². The summed E-state index contributed by atoms with van der Waals surface area (Å²) < 4.78 is 5.75. The Kier molecular flexibility index (Phi) is 5.80. The fourth-order valence-electron chi connectivity index (χ4n) is 6.04. The summed E-state index contributed by atoms with van der Waals surface area (Å²) in [5.74, 6) is -0.949. The molecule has 0 heterocycles. The summed E-state index contributed by atoms with van der Waals surface area (Å²) in [6.07, 6.45) is 3.77. The van der Waals surface area contributed by atoms with Crippen LogP contribution in [0.4, 0.5) is 4.79 Å². The Morgan fingerprint density at radius 3 is 2.00 bits per heavy atom. The molecule has 7 heteroatoms. The number of hydrogen-bond acceptors (Lipinski definition) is 4. The molecule has 2 aromatic carbocycles. The molecule has 2 aromatic rings. The highest BCUT2D eigenvalue weighted by atomic mass is 16.5. The van der Waals surface area contributed by atoms with E-state index in [1.165, 1.54) is 22.3 Å². The van der Waals surface area contributed by atoms with E-state index in [-0.39, 0.29) is 36.9 Å². The Hall–Kier alpha value is -3.35. The lowest BCUT2D eigenvalue weighted by molar-refractivity contribution is -0.139. The quantitative estimate of drug-likeness (QED) is 0.572. The number of ether oxygens (including phenoxy) is 1. The zero-order chi connectivity index (χ0) is 23.8. The van der Waals surface area contributed by atoms with Crippen LogP contribution in [-0.2, 0) is 14.3 Å². The fraction of sp³-hybridized carbons (Fsp3) is 0.444. The molecule has 0 radical (unpaired) electrons. The molecule has 0 aromatic heterocycles. The summed E-state index contributed by atoms with van der Waals surface area (Å²) in [6, 6.07) is 16.5. The zero-order valence-electron chi connectivity index (χ0n) is 19.1. The molecule has 6 rings (SSSR count). The SMILES string of the molecule is O=C(O)CCNC(=O)C12CCC(NC(=O)OCC3c4ccccc4-c4ccccc43)(CC1)CC2. The van der Waals surface area contributed by atoms with Crippen molar-refractivity contribution in [2.24, 2.45) is 5.41 Å². The molecule has 0 atom stereocenters. The monoisotopic (exact) mass is 462 g/mol. The van der Waals surface area contributed by atoms with Gasteiger partial charge in [0.1, 0.15) is 6.61 Å². The van der Waals surface area contributed by atoms with Gasteiger partial charge in [0.2, 0.25) is 5.91 Å². The first kappa shape index (κ1) is 22.4.